The molecule has 1 fully saturated rings. The summed E-state index contributed by atoms with van der Waals surface area (Å²) in [4.78, 5) is 13.2. The predicted octanol–water partition coefficient (Wildman–Crippen LogP) is 2.04. The Labute approximate surface area is 134 Å². The summed E-state index contributed by atoms with van der Waals surface area (Å²) < 4.78 is 52.3. The molecule has 1 aliphatic heterocycles. The fourth-order valence-electron chi connectivity index (χ4n) is 2.48. The molecule has 8 heteroatoms. The van der Waals surface area contributed by atoms with Gasteiger partial charge >= 0.3 is 0 Å². The fourth-order valence-corrected chi connectivity index (χ4v) is 3.56. The van der Waals surface area contributed by atoms with Crippen LogP contribution in [0.4, 0.5) is 8.78 Å². The number of halogens is 2. The lowest BCUT2D eigenvalue weighted by Crippen LogP contribution is -2.34. The molecule has 1 aromatic rings. The van der Waals surface area contributed by atoms with Crippen molar-refractivity contribution >= 4 is 15.9 Å². The number of hydrogen-bond donors (Lipinski definition) is 1. The van der Waals surface area contributed by atoms with E-state index in [0.717, 1.165) is 31.4 Å². The summed E-state index contributed by atoms with van der Waals surface area (Å²) >= 11 is 0. The van der Waals surface area contributed by atoms with Crippen molar-refractivity contribution in [2.75, 3.05) is 19.6 Å². The third-order valence-corrected chi connectivity index (χ3v) is 5.23. The zero-order valence-electron chi connectivity index (χ0n) is 12.7. The van der Waals surface area contributed by atoms with Gasteiger partial charge < -0.3 is 4.90 Å². The summed E-state index contributed by atoms with van der Waals surface area (Å²) in [7, 11) is -3.88. The van der Waals surface area contributed by atoms with E-state index in [0.29, 0.717) is 32.0 Å². The van der Waals surface area contributed by atoms with Crippen molar-refractivity contribution < 1.29 is 22.0 Å². The van der Waals surface area contributed by atoms with E-state index in [1.807, 2.05) is 0 Å². The molecule has 0 unspecified atom stereocenters. The van der Waals surface area contributed by atoms with E-state index in [9.17, 15) is 22.0 Å². The van der Waals surface area contributed by atoms with Gasteiger partial charge in [0.25, 0.3) is 0 Å². The average molecular weight is 346 g/mol. The standard InChI is InChI=1S/C15H20F2N2O3S/c16-13-7-6-12(11-14(13)17)23(21,22)18-8-4-10-19-9-3-1-2-5-15(19)20/h6-7,11,18H,1-5,8-10H2. The first-order chi connectivity index (χ1) is 10.9. The molecule has 0 atom stereocenters. The van der Waals surface area contributed by atoms with Gasteiger partial charge in [0.2, 0.25) is 15.9 Å². The van der Waals surface area contributed by atoms with Gasteiger partial charge in [0.1, 0.15) is 0 Å². The second-order valence-corrected chi connectivity index (χ2v) is 7.29. The predicted molar refractivity (Wildman–Crippen MR) is 81.2 cm³/mol. The number of rotatable bonds is 6. The smallest absolute Gasteiger partial charge is 0.240 e. The van der Waals surface area contributed by atoms with Crippen molar-refractivity contribution in [1.82, 2.24) is 9.62 Å². The molecule has 2 rings (SSSR count). The van der Waals surface area contributed by atoms with Crippen LogP contribution in [0.5, 0.6) is 0 Å². The number of nitrogens with one attached hydrogen (secondary N) is 1. The van der Waals surface area contributed by atoms with Gasteiger partial charge in [-0.2, -0.15) is 0 Å². The average Bonchev–Trinajstić information content (AvgIpc) is 2.71. The van der Waals surface area contributed by atoms with Crippen LogP contribution in [0.3, 0.4) is 0 Å². The van der Waals surface area contributed by atoms with Gasteiger partial charge in [0.15, 0.2) is 11.6 Å². The number of hydrogen-bond acceptors (Lipinski definition) is 3. The quantitative estimate of drug-likeness (QED) is 0.802. The molecule has 0 spiro atoms. The van der Waals surface area contributed by atoms with Gasteiger partial charge in [-0.15, -0.1) is 0 Å². The molecule has 1 N–H and O–H groups in total. The molecule has 1 heterocycles. The summed E-state index contributed by atoms with van der Waals surface area (Å²) in [6.07, 6.45) is 3.91. The Bertz CT molecular complexity index is 665. The van der Waals surface area contributed by atoms with E-state index in [1.165, 1.54) is 0 Å². The molecule has 128 valence electrons. The minimum atomic E-state index is -3.88. The number of carbonyl (C=O) groups excluding carboxylic acids is 1. The van der Waals surface area contributed by atoms with Crippen molar-refractivity contribution in [3.63, 3.8) is 0 Å². The van der Waals surface area contributed by atoms with Crippen LogP contribution in [0.1, 0.15) is 32.1 Å². The van der Waals surface area contributed by atoms with Crippen molar-refractivity contribution in [2.24, 2.45) is 0 Å². The van der Waals surface area contributed by atoms with Crippen LogP contribution in [-0.4, -0.2) is 38.9 Å². The Morgan fingerprint density at radius 3 is 2.65 bits per heavy atom. The summed E-state index contributed by atoms with van der Waals surface area (Å²) in [6, 6.07) is 2.44. The molecule has 1 aromatic carbocycles. The summed E-state index contributed by atoms with van der Waals surface area (Å²) in [5.41, 5.74) is 0. The monoisotopic (exact) mass is 346 g/mol. The zero-order valence-corrected chi connectivity index (χ0v) is 13.5. The molecule has 0 radical (unpaired) electrons. The van der Waals surface area contributed by atoms with Crippen LogP contribution >= 0.6 is 0 Å². The summed E-state index contributed by atoms with van der Waals surface area (Å²) in [5.74, 6) is -2.20. The molecule has 1 amide bonds. The van der Waals surface area contributed by atoms with Crippen LogP contribution in [0.2, 0.25) is 0 Å². The maximum atomic E-state index is 13.1. The molecule has 0 bridgehead atoms. The maximum Gasteiger partial charge on any atom is 0.240 e. The molecule has 23 heavy (non-hydrogen) atoms. The Hall–Kier alpha value is -1.54. The lowest BCUT2D eigenvalue weighted by atomic mass is 10.2. The second-order valence-electron chi connectivity index (χ2n) is 5.52. The van der Waals surface area contributed by atoms with E-state index in [4.69, 9.17) is 0 Å². The van der Waals surface area contributed by atoms with Gasteiger partial charge in [-0.05, 0) is 37.5 Å². The first kappa shape index (κ1) is 17.8. The van der Waals surface area contributed by atoms with Gasteiger partial charge in [-0.3, -0.25) is 4.79 Å². The number of likely N-dealkylation sites (tertiary alicyclic amines) is 1. The third kappa shape index (κ3) is 4.97. The summed E-state index contributed by atoms with van der Waals surface area (Å²) in [6.45, 7) is 1.32. The Morgan fingerprint density at radius 2 is 1.91 bits per heavy atom. The number of carbonyl (C=O) groups is 1. The molecule has 0 saturated carbocycles. The maximum absolute atomic E-state index is 13.1. The molecule has 0 aromatic heterocycles. The van der Waals surface area contributed by atoms with Crippen molar-refractivity contribution in [1.29, 1.82) is 0 Å². The molecular weight excluding hydrogens is 326 g/mol. The molecule has 1 saturated heterocycles. The SMILES string of the molecule is O=C1CCCCCN1CCCNS(=O)(=O)c1ccc(F)c(F)c1. The van der Waals surface area contributed by atoms with Crippen molar-refractivity contribution in [3.05, 3.63) is 29.8 Å². The van der Waals surface area contributed by atoms with E-state index in [-0.39, 0.29) is 17.3 Å². The lowest BCUT2D eigenvalue weighted by Gasteiger charge is -2.20. The van der Waals surface area contributed by atoms with E-state index in [1.54, 1.807) is 4.90 Å². The minimum absolute atomic E-state index is 0.103. The Balaban J connectivity index is 1.84. The van der Waals surface area contributed by atoms with E-state index in [2.05, 4.69) is 4.72 Å². The van der Waals surface area contributed by atoms with Gasteiger partial charge in [0.05, 0.1) is 4.90 Å². The van der Waals surface area contributed by atoms with E-state index >= 15 is 0 Å². The van der Waals surface area contributed by atoms with Crippen LogP contribution in [-0.2, 0) is 14.8 Å². The highest BCUT2D eigenvalue weighted by Crippen LogP contribution is 2.14. The third-order valence-electron chi connectivity index (χ3n) is 3.77. The number of benzene rings is 1. The molecule has 1 aliphatic rings. The molecular formula is C15H20F2N2O3S. The van der Waals surface area contributed by atoms with Gasteiger partial charge in [0, 0.05) is 26.1 Å². The zero-order chi connectivity index (χ0) is 16.9. The van der Waals surface area contributed by atoms with E-state index < -0.39 is 21.7 Å². The minimum Gasteiger partial charge on any atom is -0.343 e. The van der Waals surface area contributed by atoms with Crippen LogP contribution in [0, 0.1) is 11.6 Å². The van der Waals surface area contributed by atoms with Gasteiger partial charge in [-0.1, -0.05) is 6.42 Å². The van der Waals surface area contributed by atoms with Crippen LogP contribution in [0.15, 0.2) is 23.1 Å². The summed E-state index contributed by atoms with van der Waals surface area (Å²) in [5, 5.41) is 0. The first-order valence-corrected chi connectivity index (χ1v) is 9.11. The van der Waals surface area contributed by atoms with Crippen LogP contribution in [0.25, 0.3) is 0 Å². The van der Waals surface area contributed by atoms with Gasteiger partial charge in [-0.25, -0.2) is 21.9 Å². The highest BCUT2D eigenvalue weighted by molar-refractivity contribution is 7.89. The normalized spacial score (nSPS) is 16.4. The van der Waals surface area contributed by atoms with Crippen molar-refractivity contribution in [3.8, 4) is 0 Å². The Kier molecular flexibility index (Phi) is 6.06. The molecule has 0 aliphatic carbocycles. The first-order valence-electron chi connectivity index (χ1n) is 7.62. The Morgan fingerprint density at radius 1 is 1.13 bits per heavy atom. The topological polar surface area (TPSA) is 66.5 Å². The molecule has 5 nitrogen and oxygen atoms in total. The lowest BCUT2D eigenvalue weighted by molar-refractivity contribution is -0.130. The van der Waals surface area contributed by atoms with Crippen molar-refractivity contribution in [2.45, 2.75) is 37.0 Å². The second kappa shape index (κ2) is 7.83. The highest BCUT2D eigenvalue weighted by Gasteiger charge is 2.18. The fraction of sp³-hybridized carbons (Fsp3) is 0.533. The highest BCUT2D eigenvalue weighted by atomic mass is 32.2. The number of nitrogens with zero attached hydrogens (tertiary/aromatic N) is 1. The van der Waals surface area contributed by atoms with Crippen LogP contribution < -0.4 is 4.72 Å². The number of amides is 1. The number of sulfonamides is 1. The largest absolute Gasteiger partial charge is 0.343 e.